The van der Waals surface area contributed by atoms with Gasteiger partial charge in [0.15, 0.2) is 0 Å². The molecule has 1 fully saturated rings. The third-order valence-corrected chi connectivity index (χ3v) is 4.07. The van der Waals surface area contributed by atoms with Crippen LogP contribution in [0.25, 0.3) is 0 Å². The fourth-order valence-electron chi connectivity index (χ4n) is 1.80. The van der Waals surface area contributed by atoms with Gasteiger partial charge in [0.1, 0.15) is 11.0 Å². The molecule has 0 bridgehead atoms. The quantitative estimate of drug-likeness (QED) is 0.615. The molecule has 0 radical (unpaired) electrons. The van der Waals surface area contributed by atoms with E-state index < -0.39 is 0 Å². The summed E-state index contributed by atoms with van der Waals surface area (Å²) in [6.45, 7) is 0. The van der Waals surface area contributed by atoms with Gasteiger partial charge in [-0.25, -0.2) is 9.97 Å². The van der Waals surface area contributed by atoms with Crippen molar-refractivity contribution in [3.8, 4) is 0 Å². The minimum Gasteiger partial charge on any atom is -0.237 e. The molecule has 0 aliphatic heterocycles. The van der Waals surface area contributed by atoms with Gasteiger partial charge in [-0.2, -0.15) is 0 Å². The van der Waals surface area contributed by atoms with E-state index in [1.165, 1.54) is 17.7 Å². The Morgan fingerprint density at radius 2 is 1.94 bits per heavy atom. The second-order valence-corrected chi connectivity index (χ2v) is 5.84. The zero-order valence-electron chi connectivity index (χ0n) is 9.84. The van der Waals surface area contributed by atoms with Crippen molar-refractivity contribution in [2.75, 3.05) is 0 Å². The number of halogens is 1. The highest BCUT2D eigenvalue weighted by molar-refractivity contribution is 7.98. The Kier molecular flexibility index (Phi) is 3.52. The van der Waals surface area contributed by atoms with Crippen LogP contribution in [0.3, 0.4) is 0 Å². The maximum atomic E-state index is 6.04. The third-order valence-electron chi connectivity index (χ3n) is 2.87. The summed E-state index contributed by atoms with van der Waals surface area (Å²) >= 11 is 7.78. The van der Waals surface area contributed by atoms with Crippen LogP contribution in [-0.2, 0) is 5.75 Å². The maximum Gasteiger partial charge on any atom is 0.140 e. The fourth-order valence-corrected chi connectivity index (χ4v) is 2.79. The molecule has 2 nitrogen and oxygen atoms in total. The Balaban J connectivity index is 1.72. The van der Waals surface area contributed by atoms with E-state index in [4.69, 9.17) is 11.6 Å². The lowest BCUT2D eigenvalue weighted by molar-refractivity contribution is 0.932. The summed E-state index contributed by atoms with van der Waals surface area (Å²) in [6.07, 6.45) is 2.47. The molecular formula is C14H13ClN2S. The van der Waals surface area contributed by atoms with Gasteiger partial charge in [0.25, 0.3) is 0 Å². The van der Waals surface area contributed by atoms with Gasteiger partial charge in [0.2, 0.25) is 0 Å². The number of hydrogen-bond donors (Lipinski definition) is 0. The molecule has 0 atom stereocenters. The third kappa shape index (κ3) is 3.03. The molecular weight excluding hydrogens is 264 g/mol. The average Bonchev–Trinajstić information content (AvgIpc) is 3.21. The molecule has 18 heavy (non-hydrogen) atoms. The Bertz CT molecular complexity index is 541. The molecule has 1 aromatic heterocycles. The predicted molar refractivity (Wildman–Crippen MR) is 75.0 cm³/mol. The lowest BCUT2D eigenvalue weighted by Gasteiger charge is -2.04. The number of benzene rings is 1. The van der Waals surface area contributed by atoms with Crippen molar-refractivity contribution < 1.29 is 0 Å². The number of aromatic nitrogens is 2. The Labute approximate surface area is 116 Å². The van der Waals surface area contributed by atoms with Crippen LogP contribution < -0.4 is 0 Å². The molecule has 4 heteroatoms. The van der Waals surface area contributed by atoms with Gasteiger partial charge < -0.3 is 0 Å². The predicted octanol–water partition coefficient (Wildman–Crippen LogP) is 4.30. The fraction of sp³-hybridized carbons (Fsp3) is 0.286. The number of rotatable bonds is 4. The van der Waals surface area contributed by atoms with E-state index in [0.717, 1.165) is 17.3 Å². The summed E-state index contributed by atoms with van der Waals surface area (Å²) < 4.78 is 0. The zero-order chi connectivity index (χ0) is 12.4. The van der Waals surface area contributed by atoms with Gasteiger partial charge in [0, 0.05) is 16.5 Å². The van der Waals surface area contributed by atoms with Crippen molar-refractivity contribution in [2.45, 2.75) is 29.4 Å². The Morgan fingerprint density at radius 3 is 2.67 bits per heavy atom. The summed E-state index contributed by atoms with van der Waals surface area (Å²) in [5.41, 5.74) is 1.11. The van der Waals surface area contributed by atoms with Gasteiger partial charge in [-0.1, -0.05) is 29.8 Å². The number of thioether (sulfide) groups is 1. The van der Waals surface area contributed by atoms with E-state index in [-0.39, 0.29) is 0 Å². The largest absolute Gasteiger partial charge is 0.237 e. The van der Waals surface area contributed by atoms with E-state index in [2.05, 4.69) is 22.1 Å². The molecule has 0 amide bonds. The van der Waals surface area contributed by atoms with Crippen LogP contribution in [0.2, 0.25) is 5.15 Å². The van der Waals surface area contributed by atoms with Gasteiger partial charge in [0.05, 0.1) is 5.75 Å². The molecule has 1 aliphatic carbocycles. The van der Waals surface area contributed by atoms with Gasteiger partial charge in [-0.15, -0.1) is 11.8 Å². The zero-order valence-corrected chi connectivity index (χ0v) is 11.4. The first-order valence-corrected chi connectivity index (χ1v) is 7.39. The van der Waals surface area contributed by atoms with E-state index in [0.29, 0.717) is 11.1 Å². The number of hydrogen-bond acceptors (Lipinski definition) is 3. The minimum atomic E-state index is 0.565. The minimum absolute atomic E-state index is 0.565. The maximum absolute atomic E-state index is 6.04. The average molecular weight is 277 g/mol. The van der Waals surface area contributed by atoms with Gasteiger partial charge >= 0.3 is 0 Å². The summed E-state index contributed by atoms with van der Waals surface area (Å²) in [6, 6.07) is 12.2. The first-order chi connectivity index (χ1) is 8.81. The first-order valence-electron chi connectivity index (χ1n) is 6.02. The second-order valence-electron chi connectivity index (χ2n) is 4.41. The second kappa shape index (κ2) is 5.29. The van der Waals surface area contributed by atoms with E-state index in [9.17, 15) is 0 Å². The molecule has 1 aliphatic rings. The molecule has 1 aromatic carbocycles. The van der Waals surface area contributed by atoms with E-state index >= 15 is 0 Å². The topological polar surface area (TPSA) is 25.8 Å². The van der Waals surface area contributed by atoms with Crippen LogP contribution in [-0.4, -0.2) is 9.97 Å². The van der Waals surface area contributed by atoms with E-state index in [1.807, 2.05) is 24.3 Å². The molecule has 3 rings (SSSR count). The summed E-state index contributed by atoms with van der Waals surface area (Å²) in [5.74, 6) is 2.22. The summed E-state index contributed by atoms with van der Waals surface area (Å²) in [4.78, 5) is 10.1. The van der Waals surface area contributed by atoms with Crippen LogP contribution in [0.1, 0.15) is 30.3 Å². The molecule has 92 valence electrons. The van der Waals surface area contributed by atoms with Crippen molar-refractivity contribution in [3.63, 3.8) is 0 Å². The van der Waals surface area contributed by atoms with Crippen LogP contribution in [0.4, 0.5) is 0 Å². The van der Waals surface area contributed by atoms with Crippen molar-refractivity contribution >= 4 is 23.4 Å². The van der Waals surface area contributed by atoms with Crippen molar-refractivity contribution in [3.05, 3.63) is 53.1 Å². The Hall–Kier alpha value is -1.06. The summed E-state index contributed by atoms with van der Waals surface area (Å²) in [7, 11) is 0. The molecule has 0 spiro atoms. The van der Waals surface area contributed by atoms with Crippen LogP contribution in [0, 0.1) is 0 Å². The molecule has 1 heterocycles. The lowest BCUT2D eigenvalue weighted by Crippen LogP contribution is -1.97. The van der Waals surface area contributed by atoms with Gasteiger partial charge in [-0.05, 0) is 31.0 Å². The molecule has 0 N–H and O–H groups in total. The highest BCUT2D eigenvalue weighted by atomic mass is 35.5. The normalized spacial score (nSPS) is 14.7. The van der Waals surface area contributed by atoms with E-state index in [1.54, 1.807) is 11.8 Å². The van der Waals surface area contributed by atoms with Crippen LogP contribution in [0.15, 0.2) is 41.3 Å². The molecule has 0 unspecified atom stereocenters. The number of nitrogens with zero attached hydrogens (tertiary/aromatic N) is 2. The molecule has 1 saturated carbocycles. The standard InChI is InChI=1S/C14H13ClN2S/c15-13-8-12(10-6-7-10)16-14(17-13)9-18-11-4-2-1-3-5-11/h1-5,8,10H,6-7,9H2. The van der Waals surface area contributed by atoms with Crippen molar-refractivity contribution in [1.29, 1.82) is 0 Å². The monoisotopic (exact) mass is 276 g/mol. The van der Waals surface area contributed by atoms with Crippen LogP contribution in [0.5, 0.6) is 0 Å². The van der Waals surface area contributed by atoms with Crippen molar-refractivity contribution in [2.24, 2.45) is 0 Å². The molecule has 0 saturated heterocycles. The highest BCUT2D eigenvalue weighted by Gasteiger charge is 2.25. The molecule has 2 aromatic rings. The van der Waals surface area contributed by atoms with Gasteiger partial charge in [-0.3, -0.25) is 0 Å². The Morgan fingerprint density at radius 1 is 1.17 bits per heavy atom. The lowest BCUT2D eigenvalue weighted by atomic mass is 10.3. The van der Waals surface area contributed by atoms with Crippen LogP contribution >= 0.6 is 23.4 Å². The summed E-state index contributed by atoms with van der Waals surface area (Å²) in [5, 5.41) is 0.565. The smallest absolute Gasteiger partial charge is 0.140 e. The highest BCUT2D eigenvalue weighted by Crippen LogP contribution is 2.39. The first kappa shape index (κ1) is 12.0. The SMILES string of the molecule is Clc1cc(C2CC2)nc(CSc2ccccc2)n1. The van der Waals surface area contributed by atoms with Crippen molar-refractivity contribution in [1.82, 2.24) is 9.97 Å².